The average Bonchev–Trinajstić information content (AvgIpc) is 3.07. The molecule has 0 spiro atoms. The van der Waals surface area contributed by atoms with E-state index in [4.69, 9.17) is 12.2 Å². The maximum Gasteiger partial charge on any atom is 0.226 e. The van der Waals surface area contributed by atoms with Crippen molar-refractivity contribution < 1.29 is 9.59 Å². The van der Waals surface area contributed by atoms with Crippen LogP contribution >= 0.6 is 23.6 Å². The fourth-order valence-electron chi connectivity index (χ4n) is 6.44. The van der Waals surface area contributed by atoms with Crippen molar-refractivity contribution in [2.24, 2.45) is 23.2 Å². The Hall–Kier alpha value is -2.06. The third-order valence-corrected chi connectivity index (χ3v) is 8.31. The summed E-state index contributed by atoms with van der Waals surface area (Å²) in [7, 11) is 0. The van der Waals surface area contributed by atoms with Crippen molar-refractivity contribution in [2.45, 2.75) is 58.3 Å². The summed E-state index contributed by atoms with van der Waals surface area (Å²) in [5.74, 6) is 2.48. The minimum atomic E-state index is -0.0553. The van der Waals surface area contributed by atoms with Crippen LogP contribution in [0.5, 0.6) is 0 Å². The molecule has 0 unspecified atom stereocenters. The second-order valence-corrected chi connectivity index (χ2v) is 11.1. The highest BCUT2D eigenvalue weighted by Crippen LogP contribution is 2.61. The van der Waals surface area contributed by atoms with Gasteiger partial charge in [0.05, 0.1) is 10.2 Å². The molecule has 2 amide bonds. The van der Waals surface area contributed by atoms with E-state index in [9.17, 15) is 9.59 Å². The third-order valence-electron chi connectivity index (χ3n) is 7.17. The monoisotopic (exact) mass is 456 g/mol. The van der Waals surface area contributed by atoms with Crippen molar-refractivity contribution in [2.75, 3.05) is 10.6 Å². The summed E-state index contributed by atoms with van der Waals surface area (Å²) in [6.07, 6.45) is 8.79. The molecule has 164 valence electrons. The number of thiazole rings is 1. The highest BCUT2D eigenvalue weighted by atomic mass is 32.1. The lowest BCUT2D eigenvalue weighted by atomic mass is 9.49. The van der Waals surface area contributed by atoms with Crippen LogP contribution < -0.4 is 16.0 Å². The summed E-state index contributed by atoms with van der Waals surface area (Å²) in [4.78, 5) is 28.8. The number of hydrogen-bond acceptors (Lipinski definition) is 5. The number of aromatic nitrogens is 1. The molecule has 0 aliphatic heterocycles. The zero-order valence-electron chi connectivity index (χ0n) is 17.7. The Balaban J connectivity index is 1.19. The number of carbonyl (C=O) groups is 2. The van der Waals surface area contributed by atoms with Crippen molar-refractivity contribution in [3.8, 4) is 0 Å². The van der Waals surface area contributed by atoms with Gasteiger partial charge < -0.3 is 16.0 Å². The van der Waals surface area contributed by atoms with Crippen LogP contribution in [0.3, 0.4) is 0 Å². The summed E-state index contributed by atoms with van der Waals surface area (Å²) in [5, 5.41) is 9.74. The lowest BCUT2D eigenvalue weighted by Crippen LogP contribution is -2.48. The standard InChI is InChI=1S/C23H28N4O2S2/c1-2-19(28)27-22-25-17-4-3-16(8-18(17)31-22)24-21(30)26-20(29)12-23-9-13-5-14(10-23)7-15(6-13)11-23/h3-4,8,13-15H,2,5-7,9-12H2,1H3,(H,25,27,28)(H2,24,26,29,30). The van der Waals surface area contributed by atoms with Gasteiger partial charge in [0.2, 0.25) is 11.8 Å². The van der Waals surface area contributed by atoms with Crippen molar-refractivity contribution in [1.82, 2.24) is 10.3 Å². The molecule has 4 saturated carbocycles. The van der Waals surface area contributed by atoms with Crippen LogP contribution in [-0.4, -0.2) is 21.9 Å². The molecule has 8 heteroatoms. The Morgan fingerprint density at radius 3 is 2.42 bits per heavy atom. The Bertz CT molecular complexity index is 1010. The van der Waals surface area contributed by atoms with E-state index in [2.05, 4.69) is 20.9 Å². The van der Waals surface area contributed by atoms with E-state index in [0.717, 1.165) is 33.7 Å². The Morgan fingerprint density at radius 2 is 1.77 bits per heavy atom. The molecule has 0 saturated heterocycles. The molecule has 4 bridgehead atoms. The molecular formula is C23H28N4O2S2. The number of rotatable bonds is 5. The van der Waals surface area contributed by atoms with E-state index in [1.807, 2.05) is 25.1 Å². The number of carbonyl (C=O) groups excluding carboxylic acids is 2. The first kappa shape index (κ1) is 20.8. The smallest absolute Gasteiger partial charge is 0.226 e. The molecule has 31 heavy (non-hydrogen) atoms. The predicted octanol–water partition coefficient (Wildman–Crippen LogP) is 5.06. The van der Waals surface area contributed by atoms with Crippen molar-refractivity contribution in [1.29, 1.82) is 0 Å². The van der Waals surface area contributed by atoms with Gasteiger partial charge in [0.25, 0.3) is 0 Å². The molecule has 1 heterocycles. The topological polar surface area (TPSA) is 83.1 Å². The molecule has 1 aromatic heterocycles. The van der Waals surface area contributed by atoms with Crippen LogP contribution in [0.4, 0.5) is 10.8 Å². The number of fused-ring (bicyclic) bond motifs is 1. The first-order valence-electron chi connectivity index (χ1n) is 11.2. The lowest BCUT2D eigenvalue weighted by Gasteiger charge is -2.56. The van der Waals surface area contributed by atoms with Gasteiger partial charge in [-0.1, -0.05) is 18.3 Å². The van der Waals surface area contributed by atoms with E-state index in [-0.39, 0.29) is 17.2 Å². The zero-order chi connectivity index (χ0) is 21.6. The van der Waals surface area contributed by atoms with E-state index in [0.29, 0.717) is 23.1 Å². The maximum atomic E-state index is 12.8. The van der Waals surface area contributed by atoms with Crippen LogP contribution in [-0.2, 0) is 9.59 Å². The van der Waals surface area contributed by atoms with Gasteiger partial charge in [0, 0.05) is 18.5 Å². The molecule has 1 aromatic carbocycles. The largest absolute Gasteiger partial charge is 0.332 e. The number of thiocarbonyl (C=S) groups is 1. The highest BCUT2D eigenvalue weighted by molar-refractivity contribution is 7.80. The van der Waals surface area contributed by atoms with Gasteiger partial charge in [0.15, 0.2) is 10.2 Å². The molecule has 0 atom stereocenters. The molecule has 4 fully saturated rings. The molecule has 3 N–H and O–H groups in total. The summed E-state index contributed by atoms with van der Waals surface area (Å²) >= 11 is 6.83. The van der Waals surface area contributed by atoms with Gasteiger partial charge in [-0.3, -0.25) is 9.59 Å². The number of amides is 2. The molecule has 4 aliphatic rings. The van der Waals surface area contributed by atoms with Gasteiger partial charge in [-0.2, -0.15) is 0 Å². The molecule has 2 aromatic rings. The summed E-state index contributed by atoms with van der Waals surface area (Å²) < 4.78 is 0.944. The van der Waals surface area contributed by atoms with Gasteiger partial charge in [-0.05, 0) is 92.1 Å². The Kier molecular flexibility index (Phi) is 5.46. The van der Waals surface area contributed by atoms with Crippen LogP contribution in [0, 0.1) is 23.2 Å². The van der Waals surface area contributed by atoms with Gasteiger partial charge in [-0.25, -0.2) is 4.98 Å². The Morgan fingerprint density at radius 1 is 1.10 bits per heavy atom. The second kappa shape index (κ2) is 8.13. The maximum absolute atomic E-state index is 12.8. The number of hydrogen-bond donors (Lipinski definition) is 3. The SMILES string of the molecule is CCC(=O)Nc1nc2ccc(NC(=S)NC(=O)CC34CC5CC(CC(C5)C3)C4)cc2s1. The quantitative estimate of drug-likeness (QED) is 0.548. The summed E-state index contributed by atoms with van der Waals surface area (Å²) in [5.41, 5.74) is 1.82. The van der Waals surface area contributed by atoms with Crippen molar-refractivity contribution in [3.05, 3.63) is 18.2 Å². The summed E-state index contributed by atoms with van der Waals surface area (Å²) in [6, 6.07) is 5.70. The number of anilines is 2. The van der Waals surface area contributed by atoms with Crippen molar-refractivity contribution >= 4 is 61.5 Å². The van der Waals surface area contributed by atoms with Gasteiger partial charge in [0.1, 0.15) is 0 Å². The lowest BCUT2D eigenvalue weighted by molar-refractivity contribution is -0.128. The zero-order valence-corrected chi connectivity index (χ0v) is 19.3. The fraction of sp³-hybridized carbons (Fsp3) is 0.565. The first-order valence-corrected chi connectivity index (χ1v) is 12.4. The van der Waals surface area contributed by atoms with Crippen LogP contribution in [0.15, 0.2) is 18.2 Å². The average molecular weight is 457 g/mol. The third kappa shape index (κ3) is 4.46. The molecule has 6 nitrogen and oxygen atoms in total. The van der Waals surface area contributed by atoms with Crippen LogP contribution in [0.25, 0.3) is 10.2 Å². The number of nitrogens with zero attached hydrogens (tertiary/aromatic N) is 1. The van der Waals surface area contributed by atoms with Gasteiger partial charge >= 0.3 is 0 Å². The van der Waals surface area contributed by atoms with Crippen LogP contribution in [0.1, 0.15) is 58.3 Å². The Labute approximate surface area is 191 Å². The number of benzene rings is 1. The number of nitrogens with one attached hydrogen (secondary N) is 3. The second-order valence-electron chi connectivity index (χ2n) is 9.70. The van der Waals surface area contributed by atoms with E-state index < -0.39 is 0 Å². The normalized spacial score (nSPS) is 28.5. The highest BCUT2D eigenvalue weighted by Gasteiger charge is 2.51. The van der Waals surface area contributed by atoms with E-state index in [1.54, 1.807) is 0 Å². The van der Waals surface area contributed by atoms with Gasteiger partial charge in [-0.15, -0.1) is 0 Å². The van der Waals surface area contributed by atoms with Crippen LogP contribution in [0.2, 0.25) is 0 Å². The van der Waals surface area contributed by atoms with Crippen molar-refractivity contribution in [3.63, 3.8) is 0 Å². The molecular weight excluding hydrogens is 428 g/mol. The first-order chi connectivity index (χ1) is 14.9. The predicted molar refractivity (Wildman–Crippen MR) is 128 cm³/mol. The molecule has 0 radical (unpaired) electrons. The van der Waals surface area contributed by atoms with E-state index in [1.165, 1.54) is 49.9 Å². The minimum absolute atomic E-state index is 0.0304. The summed E-state index contributed by atoms with van der Waals surface area (Å²) in [6.45, 7) is 1.81. The fourth-order valence-corrected chi connectivity index (χ4v) is 7.60. The molecule has 6 rings (SSSR count). The minimum Gasteiger partial charge on any atom is -0.332 e. The molecule has 4 aliphatic carbocycles. The van der Waals surface area contributed by atoms with E-state index >= 15 is 0 Å².